The van der Waals surface area contributed by atoms with Gasteiger partial charge in [-0.15, -0.1) is 0 Å². The van der Waals surface area contributed by atoms with E-state index >= 15 is 0 Å². The van der Waals surface area contributed by atoms with Crippen molar-refractivity contribution in [3.05, 3.63) is 0 Å². The molecule has 0 radical (unpaired) electrons. The molecule has 2 rings (SSSR count). The van der Waals surface area contributed by atoms with Crippen LogP contribution in [0, 0.1) is 0 Å². The Bertz CT molecular complexity index is 640. The topological polar surface area (TPSA) is 110 Å². The zero-order valence-electron chi connectivity index (χ0n) is 18.0. The molecule has 0 aromatic carbocycles. The Labute approximate surface area is 181 Å². The Morgan fingerprint density at radius 2 is 1.63 bits per heavy atom. The van der Waals surface area contributed by atoms with Crippen molar-refractivity contribution >= 4 is 34.9 Å². The Morgan fingerprint density at radius 1 is 0.967 bits per heavy atom. The van der Waals surface area contributed by atoms with Gasteiger partial charge in [0.1, 0.15) is 12.7 Å². The van der Waals surface area contributed by atoms with Gasteiger partial charge in [-0.1, -0.05) is 44.4 Å². The number of rotatable bonds is 10. The highest BCUT2D eigenvalue weighted by Crippen LogP contribution is 2.34. The third kappa shape index (κ3) is 7.46. The number of fused-ring (bicyclic) bond motifs is 1. The lowest BCUT2D eigenvalue weighted by Crippen LogP contribution is -2.60. The number of hydrogen-bond acceptors (Lipinski definition) is 10. The molecule has 0 saturated carbocycles. The van der Waals surface area contributed by atoms with Crippen LogP contribution in [0.1, 0.15) is 59.8 Å². The lowest BCUT2D eigenvalue weighted by molar-refractivity contribution is -0.236. The van der Waals surface area contributed by atoms with Crippen LogP contribution in [0.25, 0.3) is 0 Å². The van der Waals surface area contributed by atoms with Gasteiger partial charge in [-0.05, 0) is 6.42 Å². The van der Waals surface area contributed by atoms with Crippen molar-refractivity contribution in [1.82, 2.24) is 0 Å². The van der Waals surface area contributed by atoms with Crippen LogP contribution in [0.4, 0.5) is 0 Å². The molecule has 0 unspecified atom stereocenters. The number of carbonyl (C=O) groups excluding carboxylic acids is 3. The van der Waals surface area contributed by atoms with Crippen LogP contribution in [0.15, 0.2) is 4.99 Å². The van der Waals surface area contributed by atoms with Gasteiger partial charge < -0.3 is 23.7 Å². The summed E-state index contributed by atoms with van der Waals surface area (Å²) < 4.78 is 27.6. The second-order valence-corrected chi connectivity index (χ2v) is 8.30. The van der Waals surface area contributed by atoms with Crippen LogP contribution in [0.3, 0.4) is 0 Å². The quantitative estimate of drug-likeness (QED) is 0.285. The van der Waals surface area contributed by atoms with E-state index in [9.17, 15) is 14.4 Å². The molecule has 0 aromatic rings. The molecule has 0 amide bonds. The summed E-state index contributed by atoms with van der Waals surface area (Å²) >= 11 is 1.48. The first-order valence-electron chi connectivity index (χ1n) is 10.3. The molecule has 0 aromatic heterocycles. The van der Waals surface area contributed by atoms with Crippen molar-refractivity contribution in [3.8, 4) is 0 Å². The predicted octanol–water partition coefficient (Wildman–Crippen LogP) is 2.60. The number of carbonyl (C=O) groups is 3. The summed E-state index contributed by atoms with van der Waals surface area (Å²) in [6, 6.07) is 0. The van der Waals surface area contributed by atoms with Gasteiger partial charge in [-0.2, -0.15) is 0 Å². The fourth-order valence-corrected chi connectivity index (χ4v) is 4.19. The second kappa shape index (κ2) is 12.1. The molecule has 0 spiro atoms. The first kappa shape index (κ1) is 24.5. The van der Waals surface area contributed by atoms with E-state index in [2.05, 4.69) is 11.9 Å². The zero-order valence-corrected chi connectivity index (χ0v) is 18.8. The molecule has 10 heteroatoms. The van der Waals surface area contributed by atoms with Crippen molar-refractivity contribution in [3.63, 3.8) is 0 Å². The summed E-state index contributed by atoms with van der Waals surface area (Å²) in [5.74, 6) is -0.779. The van der Waals surface area contributed by atoms with E-state index in [1.54, 1.807) is 0 Å². The molecule has 30 heavy (non-hydrogen) atoms. The average Bonchev–Trinajstić information content (AvgIpc) is 3.07. The molecule has 2 aliphatic heterocycles. The summed E-state index contributed by atoms with van der Waals surface area (Å²) in [5.41, 5.74) is 0. The maximum absolute atomic E-state index is 11.7. The summed E-state index contributed by atoms with van der Waals surface area (Å²) in [5, 5.41) is 0.451. The van der Waals surface area contributed by atoms with Gasteiger partial charge in [0.15, 0.2) is 24.5 Å². The second-order valence-electron chi connectivity index (χ2n) is 7.26. The molecule has 2 aliphatic rings. The molecule has 170 valence electrons. The minimum absolute atomic E-state index is 0.163. The third-order valence-electron chi connectivity index (χ3n) is 4.61. The molecule has 1 saturated heterocycles. The lowest BCUT2D eigenvalue weighted by atomic mass is 9.98. The molecule has 2 heterocycles. The number of nitrogens with zero attached hydrogens (tertiary/aromatic N) is 1. The summed E-state index contributed by atoms with van der Waals surface area (Å²) in [6.07, 6.45) is 1.57. The van der Waals surface area contributed by atoms with Crippen molar-refractivity contribution in [1.29, 1.82) is 0 Å². The fraction of sp³-hybridized carbons (Fsp3) is 0.800. The first-order valence-corrected chi connectivity index (χ1v) is 11.3. The SMILES string of the molecule is CCCCCCCSC1=N[C@H]2O[C@H](COC(C)=O)[C@@H](OC(C)=O)[C@H](OC(C)=O)[C@H]2O1. The van der Waals surface area contributed by atoms with Crippen LogP contribution in [0.2, 0.25) is 0 Å². The van der Waals surface area contributed by atoms with E-state index in [1.807, 2.05) is 0 Å². The van der Waals surface area contributed by atoms with Crippen molar-refractivity contribution in [2.24, 2.45) is 4.99 Å². The average molecular weight is 446 g/mol. The lowest BCUT2D eigenvalue weighted by Gasteiger charge is -2.40. The molecule has 0 aliphatic carbocycles. The van der Waals surface area contributed by atoms with Gasteiger partial charge in [0, 0.05) is 26.5 Å². The van der Waals surface area contributed by atoms with Gasteiger partial charge in [0.2, 0.25) is 5.23 Å². The molecule has 1 fully saturated rings. The monoisotopic (exact) mass is 445 g/mol. The van der Waals surface area contributed by atoms with Crippen LogP contribution in [-0.2, 0) is 38.1 Å². The van der Waals surface area contributed by atoms with E-state index in [4.69, 9.17) is 23.7 Å². The standard InChI is InChI=1S/C20H31NO8S/c1-5-6-7-8-9-10-30-20-21-19-18(29-20)17(27-14(4)24)16(26-13(3)23)15(28-19)11-25-12(2)22/h15-19H,5-11H2,1-4H3/t15-,16-,17+,18-,19+/m1/s1. The number of aliphatic imine (C=N–C) groups is 1. The van der Waals surface area contributed by atoms with Crippen LogP contribution in [0.5, 0.6) is 0 Å². The van der Waals surface area contributed by atoms with Crippen LogP contribution in [-0.4, -0.2) is 66.1 Å². The molecule has 5 atom stereocenters. The molecule has 0 N–H and O–H groups in total. The third-order valence-corrected chi connectivity index (χ3v) is 5.55. The van der Waals surface area contributed by atoms with Crippen molar-refractivity contribution < 1.29 is 38.1 Å². The Hall–Kier alpha value is -1.81. The Morgan fingerprint density at radius 3 is 2.27 bits per heavy atom. The molecular weight excluding hydrogens is 414 g/mol. The summed E-state index contributed by atoms with van der Waals surface area (Å²) in [6.45, 7) is 5.78. The van der Waals surface area contributed by atoms with E-state index in [0.717, 1.165) is 18.6 Å². The largest absolute Gasteiger partial charge is 0.463 e. The molecule has 9 nitrogen and oxygen atoms in total. The van der Waals surface area contributed by atoms with Crippen LogP contribution < -0.4 is 0 Å². The van der Waals surface area contributed by atoms with E-state index in [0.29, 0.717) is 5.23 Å². The minimum Gasteiger partial charge on any atom is -0.463 e. The number of thioether (sulfide) groups is 1. The normalized spacial score (nSPS) is 27.5. The van der Waals surface area contributed by atoms with Gasteiger partial charge in [0.05, 0.1) is 0 Å². The summed E-state index contributed by atoms with van der Waals surface area (Å²) in [7, 11) is 0. The fourth-order valence-electron chi connectivity index (χ4n) is 3.30. The van der Waals surface area contributed by atoms with E-state index < -0.39 is 48.6 Å². The van der Waals surface area contributed by atoms with Gasteiger partial charge >= 0.3 is 17.9 Å². The number of unbranched alkanes of at least 4 members (excludes halogenated alkanes) is 4. The number of ether oxygens (including phenoxy) is 5. The Kier molecular flexibility index (Phi) is 9.90. The minimum atomic E-state index is -0.986. The maximum atomic E-state index is 11.7. The van der Waals surface area contributed by atoms with Gasteiger partial charge in [-0.25, -0.2) is 4.99 Å². The molecule has 0 bridgehead atoms. The maximum Gasteiger partial charge on any atom is 0.303 e. The smallest absolute Gasteiger partial charge is 0.303 e. The first-order chi connectivity index (χ1) is 14.3. The van der Waals surface area contributed by atoms with Crippen LogP contribution >= 0.6 is 11.8 Å². The molecular formula is C20H31NO8S. The van der Waals surface area contributed by atoms with E-state index in [1.165, 1.54) is 51.8 Å². The zero-order chi connectivity index (χ0) is 22.1. The number of hydrogen-bond donors (Lipinski definition) is 0. The van der Waals surface area contributed by atoms with Crippen molar-refractivity contribution in [2.75, 3.05) is 12.4 Å². The van der Waals surface area contributed by atoms with Gasteiger partial charge in [-0.3, -0.25) is 14.4 Å². The highest BCUT2D eigenvalue weighted by Gasteiger charge is 2.54. The Balaban J connectivity index is 2.06. The van der Waals surface area contributed by atoms with Gasteiger partial charge in [0.25, 0.3) is 0 Å². The predicted molar refractivity (Wildman–Crippen MR) is 110 cm³/mol. The highest BCUT2D eigenvalue weighted by atomic mass is 32.2. The number of esters is 3. The summed E-state index contributed by atoms with van der Waals surface area (Å²) in [4.78, 5) is 39.0. The van der Waals surface area contributed by atoms with E-state index in [-0.39, 0.29) is 6.61 Å². The highest BCUT2D eigenvalue weighted by molar-refractivity contribution is 8.13. The van der Waals surface area contributed by atoms with Crippen molar-refractivity contribution in [2.45, 2.75) is 90.4 Å².